The molecule has 0 unspecified atom stereocenters. The Morgan fingerprint density at radius 1 is 1.13 bits per heavy atom. The number of ether oxygens (including phenoxy) is 2. The van der Waals surface area contributed by atoms with Crippen molar-refractivity contribution in [2.75, 3.05) is 43.6 Å². The molecule has 23 heavy (non-hydrogen) atoms. The molecule has 1 fully saturated rings. The second-order valence-electron chi connectivity index (χ2n) is 5.06. The average Bonchev–Trinajstić information content (AvgIpc) is 2.63. The van der Waals surface area contributed by atoms with Gasteiger partial charge in [0.05, 0.1) is 20.3 Å². The van der Waals surface area contributed by atoms with Gasteiger partial charge in [0.15, 0.2) is 11.6 Å². The monoisotopic (exact) mass is 314 g/mol. The third-order valence-electron chi connectivity index (χ3n) is 3.58. The number of amides is 1. The quantitative estimate of drug-likeness (QED) is 0.923. The zero-order valence-corrected chi connectivity index (χ0v) is 12.9. The number of anilines is 2. The first-order valence-electron chi connectivity index (χ1n) is 7.38. The normalized spacial score (nSPS) is 14.4. The first kappa shape index (κ1) is 15.2. The molecule has 1 aromatic carbocycles. The Balaban J connectivity index is 1.63. The fourth-order valence-corrected chi connectivity index (χ4v) is 2.28. The lowest BCUT2D eigenvalue weighted by atomic mass is 10.2. The highest BCUT2D eigenvalue weighted by molar-refractivity contribution is 6.03. The Hall–Kier alpha value is -2.67. The first-order valence-corrected chi connectivity index (χ1v) is 7.38. The van der Waals surface area contributed by atoms with Crippen LogP contribution in [0.4, 0.5) is 11.6 Å². The Bertz CT molecular complexity index is 652. The number of carbonyl (C=O) groups excluding carboxylic acids is 1. The van der Waals surface area contributed by atoms with Gasteiger partial charge in [-0.25, -0.2) is 0 Å². The molecule has 1 N–H and O–H groups in total. The highest BCUT2D eigenvalue weighted by atomic mass is 16.5. The Morgan fingerprint density at radius 2 is 1.87 bits per heavy atom. The van der Waals surface area contributed by atoms with Crippen LogP contribution in [0.5, 0.6) is 5.75 Å². The second-order valence-corrected chi connectivity index (χ2v) is 5.06. The predicted octanol–water partition coefficient (Wildman–Crippen LogP) is 1.57. The topological polar surface area (TPSA) is 76.6 Å². The van der Waals surface area contributed by atoms with Crippen molar-refractivity contribution in [2.24, 2.45) is 0 Å². The average molecular weight is 314 g/mol. The molecule has 120 valence electrons. The number of methoxy groups -OCH3 is 1. The van der Waals surface area contributed by atoms with Crippen molar-refractivity contribution in [1.29, 1.82) is 0 Å². The van der Waals surface area contributed by atoms with Gasteiger partial charge in [-0.05, 0) is 36.4 Å². The highest BCUT2D eigenvalue weighted by Crippen LogP contribution is 2.15. The van der Waals surface area contributed by atoms with Crippen molar-refractivity contribution in [3.63, 3.8) is 0 Å². The first-order chi connectivity index (χ1) is 11.3. The van der Waals surface area contributed by atoms with E-state index in [9.17, 15) is 4.79 Å². The van der Waals surface area contributed by atoms with E-state index in [-0.39, 0.29) is 5.91 Å². The van der Waals surface area contributed by atoms with Gasteiger partial charge in [-0.2, -0.15) is 0 Å². The summed E-state index contributed by atoms with van der Waals surface area (Å²) < 4.78 is 10.4. The standard InChI is InChI=1S/C16H18N4O3/c1-22-13-4-2-12(3-5-13)16(21)17-14-6-7-15(19-18-14)20-8-10-23-11-9-20/h2-7H,8-11H2,1H3,(H,17,18,21). The van der Waals surface area contributed by atoms with Crippen LogP contribution in [0, 0.1) is 0 Å². The minimum Gasteiger partial charge on any atom is -0.497 e. The van der Waals surface area contributed by atoms with Crippen molar-refractivity contribution in [3.05, 3.63) is 42.0 Å². The summed E-state index contributed by atoms with van der Waals surface area (Å²) in [5.74, 6) is 1.68. The third kappa shape index (κ3) is 3.75. The molecular weight excluding hydrogens is 296 g/mol. The summed E-state index contributed by atoms with van der Waals surface area (Å²) in [4.78, 5) is 14.3. The number of benzene rings is 1. The molecule has 1 amide bonds. The maximum Gasteiger partial charge on any atom is 0.256 e. The second kappa shape index (κ2) is 7.06. The molecule has 0 aliphatic carbocycles. The molecule has 7 heteroatoms. The highest BCUT2D eigenvalue weighted by Gasteiger charge is 2.13. The zero-order chi connectivity index (χ0) is 16.1. The lowest BCUT2D eigenvalue weighted by Gasteiger charge is -2.27. The van der Waals surface area contributed by atoms with Gasteiger partial charge < -0.3 is 19.7 Å². The van der Waals surface area contributed by atoms with Crippen LogP contribution in [0.2, 0.25) is 0 Å². The van der Waals surface area contributed by atoms with E-state index >= 15 is 0 Å². The summed E-state index contributed by atoms with van der Waals surface area (Å²) in [6.07, 6.45) is 0. The number of carbonyl (C=O) groups is 1. The molecule has 0 atom stereocenters. The minimum absolute atomic E-state index is 0.235. The molecule has 1 saturated heterocycles. The Morgan fingerprint density at radius 3 is 2.48 bits per heavy atom. The van der Waals surface area contributed by atoms with E-state index in [4.69, 9.17) is 9.47 Å². The SMILES string of the molecule is COc1ccc(C(=O)Nc2ccc(N3CCOCC3)nn2)cc1. The summed E-state index contributed by atoms with van der Waals surface area (Å²) in [5.41, 5.74) is 0.532. The smallest absolute Gasteiger partial charge is 0.256 e. The van der Waals surface area contributed by atoms with Crippen LogP contribution in [0.3, 0.4) is 0 Å². The lowest BCUT2D eigenvalue weighted by molar-refractivity contribution is 0.102. The fraction of sp³-hybridized carbons (Fsp3) is 0.312. The van der Waals surface area contributed by atoms with Crippen LogP contribution in [0.1, 0.15) is 10.4 Å². The summed E-state index contributed by atoms with van der Waals surface area (Å²) in [6, 6.07) is 10.5. The predicted molar refractivity (Wildman–Crippen MR) is 86.0 cm³/mol. The maximum absolute atomic E-state index is 12.2. The van der Waals surface area contributed by atoms with Gasteiger partial charge in [0.25, 0.3) is 5.91 Å². The van der Waals surface area contributed by atoms with Crippen LogP contribution in [-0.2, 0) is 4.74 Å². The van der Waals surface area contributed by atoms with Gasteiger partial charge in [0, 0.05) is 18.7 Å². The van der Waals surface area contributed by atoms with Crippen LogP contribution in [0.25, 0.3) is 0 Å². The molecule has 1 aromatic heterocycles. The maximum atomic E-state index is 12.2. The molecule has 2 aromatic rings. The van der Waals surface area contributed by atoms with E-state index in [1.54, 1.807) is 37.4 Å². The number of hydrogen-bond acceptors (Lipinski definition) is 6. The molecule has 0 saturated carbocycles. The largest absolute Gasteiger partial charge is 0.497 e. The molecule has 0 bridgehead atoms. The molecular formula is C16H18N4O3. The zero-order valence-electron chi connectivity index (χ0n) is 12.9. The van der Waals surface area contributed by atoms with Gasteiger partial charge >= 0.3 is 0 Å². The van der Waals surface area contributed by atoms with Gasteiger partial charge in [-0.1, -0.05) is 0 Å². The van der Waals surface area contributed by atoms with Gasteiger partial charge in [-0.15, -0.1) is 10.2 Å². The number of nitrogens with zero attached hydrogens (tertiary/aromatic N) is 3. The van der Waals surface area contributed by atoms with Crippen molar-refractivity contribution in [1.82, 2.24) is 10.2 Å². The molecule has 7 nitrogen and oxygen atoms in total. The van der Waals surface area contributed by atoms with E-state index in [2.05, 4.69) is 20.4 Å². The number of rotatable bonds is 4. The van der Waals surface area contributed by atoms with E-state index in [0.717, 1.165) is 18.9 Å². The summed E-state index contributed by atoms with van der Waals surface area (Å²) in [6.45, 7) is 2.98. The van der Waals surface area contributed by atoms with Crippen molar-refractivity contribution in [3.8, 4) is 5.75 Å². The number of hydrogen-bond donors (Lipinski definition) is 1. The number of nitrogens with one attached hydrogen (secondary N) is 1. The van der Waals surface area contributed by atoms with Crippen molar-refractivity contribution in [2.45, 2.75) is 0 Å². The summed E-state index contributed by atoms with van der Waals surface area (Å²) in [5, 5.41) is 11.0. The fourth-order valence-electron chi connectivity index (χ4n) is 2.28. The Labute approximate surface area is 134 Å². The van der Waals surface area contributed by atoms with Crippen LogP contribution in [0.15, 0.2) is 36.4 Å². The van der Waals surface area contributed by atoms with E-state index < -0.39 is 0 Å². The van der Waals surface area contributed by atoms with Crippen LogP contribution >= 0.6 is 0 Å². The molecule has 2 heterocycles. The number of morpholine rings is 1. The van der Waals surface area contributed by atoms with E-state index in [1.165, 1.54) is 0 Å². The van der Waals surface area contributed by atoms with E-state index in [0.29, 0.717) is 30.3 Å². The minimum atomic E-state index is -0.235. The molecule has 0 spiro atoms. The third-order valence-corrected chi connectivity index (χ3v) is 3.58. The summed E-state index contributed by atoms with van der Waals surface area (Å²) >= 11 is 0. The van der Waals surface area contributed by atoms with Crippen molar-refractivity contribution >= 4 is 17.5 Å². The van der Waals surface area contributed by atoms with Gasteiger partial charge in [0.2, 0.25) is 0 Å². The molecule has 0 radical (unpaired) electrons. The van der Waals surface area contributed by atoms with Gasteiger partial charge in [-0.3, -0.25) is 4.79 Å². The van der Waals surface area contributed by atoms with Crippen LogP contribution < -0.4 is 15.0 Å². The lowest BCUT2D eigenvalue weighted by Crippen LogP contribution is -2.36. The number of aromatic nitrogens is 2. The van der Waals surface area contributed by atoms with Gasteiger partial charge in [0.1, 0.15) is 5.75 Å². The molecule has 1 aliphatic rings. The van der Waals surface area contributed by atoms with Crippen LogP contribution in [-0.4, -0.2) is 49.5 Å². The van der Waals surface area contributed by atoms with Crippen molar-refractivity contribution < 1.29 is 14.3 Å². The Kier molecular flexibility index (Phi) is 4.68. The van der Waals surface area contributed by atoms with E-state index in [1.807, 2.05) is 6.07 Å². The summed E-state index contributed by atoms with van der Waals surface area (Å²) in [7, 11) is 1.58. The molecule has 1 aliphatic heterocycles. The molecule has 3 rings (SSSR count).